The van der Waals surface area contributed by atoms with E-state index in [1.807, 2.05) is 12.1 Å². The standard InChI is InChI=1S/C14H19NO/c1-9(2)10(3)12-8-15-14-11(12)6-5-7-13(14)16-4/h5-10,15H,1-4H3. The highest BCUT2D eigenvalue weighted by Gasteiger charge is 2.15. The molecule has 1 atom stereocenters. The summed E-state index contributed by atoms with van der Waals surface area (Å²) in [6.45, 7) is 6.78. The molecule has 1 aromatic heterocycles. The Morgan fingerprint density at radius 3 is 2.56 bits per heavy atom. The van der Waals surface area contributed by atoms with Crippen molar-refractivity contribution in [2.75, 3.05) is 7.11 Å². The van der Waals surface area contributed by atoms with Gasteiger partial charge in [0.2, 0.25) is 0 Å². The molecule has 0 amide bonds. The van der Waals surface area contributed by atoms with Crippen molar-refractivity contribution >= 4 is 10.9 Å². The van der Waals surface area contributed by atoms with Crippen molar-refractivity contribution in [3.05, 3.63) is 30.0 Å². The number of aromatic nitrogens is 1. The minimum absolute atomic E-state index is 0.556. The Labute approximate surface area is 96.6 Å². The summed E-state index contributed by atoms with van der Waals surface area (Å²) in [7, 11) is 1.71. The first-order valence-electron chi connectivity index (χ1n) is 5.79. The van der Waals surface area contributed by atoms with Crippen molar-refractivity contribution in [1.29, 1.82) is 0 Å². The normalized spacial score (nSPS) is 13.3. The van der Waals surface area contributed by atoms with Crippen molar-refractivity contribution < 1.29 is 4.74 Å². The summed E-state index contributed by atoms with van der Waals surface area (Å²) < 4.78 is 5.35. The number of ether oxygens (including phenoxy) is 1. The maximum Gasteiger partial charge on any atom is 0.142 e. The van der Waals surface area contributed by atoms with Crippen LogP contribution in [-0.2, 0) is 0 Å². The zero-order valence-corrected chi connectivity index (χ0v) is 10.4. The lowest BCUT2D eigenvalue weighted by molar-refractivity contribution is 0.419. The van der Waals surface area contributed by atoms with Crippen molar-refractivity contribution in [3.8, 4) is 5.75 Å². The van der Waals surface area contributed by atoms with E-state index >= 15 is 0 Å². The summed E-state index contributed by atoms with van der Waals surface area (Å²) in [5.41, 5.74) is 2.48. The van der Waals surface area contributed by atoms with Crippen LogP contribution in [0.2, 0.25) is 0 Å². The van der Waals surface area contributed by atoms with Crippen molar-refractivity contribution in [3.63, 3.8) is 0 Å². The van der Waals surface area contributed by atoms with E-state index in [2.05, 4.69) is 38.0 Å². The number of nitrogens with one attached hydrogen (secondary N) is 1. The molecule has 1 N–H and O–H groups in total. The molecule has 1 heterocycles. The maximum absolute atomic E-state index is 5.35. The largest absolute Gasteiger partial charge is 0.495 e. The number of aromatic amines is 1. The molecule has 0 aliphatic heterocycles. The highest BCUT2D eigenvalue weighted by Crippen LogP contribution is 2.33. The number of para-hydroxylation sites is 1. The van der Waals surface area contributed by atoms with Crippen LogP contribution in [0.15, 0.2) is 24.4 Å². The quantitative estimate of drug-likeness (QED) is 0.827. The molecule has 0 spiro atoms. The van der Waals surface area contributed by atoms with E-state index in [4.69, 9.17) is 4.74 Å². The van der Waals surface area contributed by atoms with Gasteiger partial charge in [-0.3, -0.25) is 0 Å². The van der Waals surface area contributed by atoms with Crippen molar-refractivity contribution in [2.24, 2.45) is 5.92 Å². The van der Waals surface area contributed by atoms with Gasteiger partial charge in [0.05, 0.1) is 12.6 Å². The summed E-state index contributed by atoms with van der Waals surface area (Å²) in [4.78, 5) is 3.32. The van der Waals surface area contributed by atoms with Gasteiger partial charge in [0.1, 0.15) is 5.75 Å². The number of rotatable bonds is 3. The van der Waals surface area contributed by atoms with Crippen LogP contribution in [0, 0.1) is 5.92 Å². The summed E-state index contributed by atoms with van der Waals surface area (Å²) >= 11 is 0. The molecular weight excluding hydrogens is 198 g/mol. The molecule has 0 saturated carbocycles. The Kier molecular flexibility index (Phi) is 2.90. The minimum atomic E-state index is 0.556. The Bertz CT molecular complexity index is 484. The average molecular weight is 217 g/mol. The molecular formula is C14H19NO. The average Bonchev–Trinajstić information content (AvgIpc) is 2.71. The Morgan fingerprint density at radius 1 is 1.19 bits per heavy atom. The second-order valence-electron chi connectivity index (χ2n) is 4.66. The number of methoxy groups -OCH3 is 1. The summed E-state index contributed by atoms with van der Waals surface area (Å²) in [5.74, 6) is 2.12. The van der Waals surface area contributed by atoms with Crippen molar-refractivity contribution in [2.45, 2.75) is 26.7 Å². The first-order valence-corrected chi connectivity index (χ1v) is 5.79. The molecule has 2 heteroatoms. The van der Waals surface area contributed by atoms with E-state index in [9.17, 15) is 0 Å². The zero-order chi connectivity index (χ0) is 11.7. The monoisotopic (exact) mass is 217 g/mol. The van der Waals surface area contributed by atoms with Crippen LogP contribution in [0.3, 0.4) is 0 Å². The molecule has 2 rings (SSSR count). The first-order chi connectivity index (χ1) is 7.65. The van der Waals surface area contributed by atoms with Gasteiger partial charge in [0.25, 0.3) is 0 Å². The Balaban J connectivity index is 2.57. The van der Waals surface area contributed by atoms with E-state index in [-0.39, 0.29) is 0 Å². The first kappa shape index (κ1) is 11.1. The van der Waals surface area contributed by atoms with Crippen LogP contribution in [0.5, 0.6) is 5.75 Å². The molecule has 0 radical (unpaired) electrons. The topological polar surface area (TPSA) is 25.0 Å². The molecule has 16 heavy (non-hydrogen) atoms. The summed E-state index contributed by atoms with van der Waals surface area (Å²) in [6.07, 6.45) is 2.11. The lowest BCUT2D eigenvalue weighted by atomic mass is 9.90. The zero-order valence-electron chi connectivity index (χ0n) is 10.4. The summed E-state index contributed by atoms with van der Waals surface area (Å²) in [6, 6.07) is 6.19. The van der Waals surface area contributed by atoms with Gasteiger partial charge in [-0.05, 0) is 23.5 Å². The van der Waals surface area contributed by atoms with E-state index in [0.717, 1.165) is 11.3 Å². The van der Waals surface area contributed by atoms with Gasteiger partial charge in [-0.15, -0.1) is 0 Å². The van der Waals surface area contributed by atoms with Crippen molar-refractivity contribution in [1.82, 2.24) is 4.98 Å². The van der Waals surface area contributed by atoms with Crippen LogP contribution in [0.1, 0.15) is 32.3 Å². The number of hydrogen-bond donors (Lipinski definition) is 1. The van der Waals surface area contributed by atoms with E-state index < -0.39 is 0 Å². The fourth-order valence-corrected chi connectivity index (χ4v) is 2.05. The Hall–Kier alpha value is -1.44. The maximum atomic E-state index is 5.35. The molecule has 2 nitrogen and oxygen atoms in total. The fraction of sp³-hybridized carbons (Fsp3) is 0.429. The molecule has 0 bridgehead atoms. The molecule has 1 aromatic carbocycles. The smallest absolute Gasteiger partial charge is 0.142 e. The van der Waals surface area contributed by atoms with Gasteiger partial charge in [-0.2, -0.15) is 0 Å². The van der Waals surface area contributed by atoms with E-state index in [1.54, 1.807) is 7.11 Å². The molecule has 1 unspecified atom stereocenters. The van der Waals surface area contributed by atoms with Crippen LogP contribution in [0.25, 0.3) is 10.9 Å². The molecule has 0 aliphatic rings. The fourth-order valence-electron chi connectivity index (χ4n) is 2.05. The van der Waals surface area contributed by atoms with Crippen LogP contribution in [-0.4, -0.2) is 12.1 Å². The second-order valence-corrected chi connectivity index (χ2v) is 4.66. The molecule has 0 saturated heterocycles. The summed E-state index contributed by atoms with van der Waals surface area (Å²) in [5, 5.41) is 1.28. The lowest BCUT2D eigenvalue weighted by Gasteiger charge is -2.14. The van der Waals surface area contributed by atoms with Gasteiger partial charge < -0.3 is 9.72 Å². The second kappa shape index (κ2) is 4.20. The van der Waals surface area contributed by atoms with Gasteiger partial charge in [0, 0.05) is 11.6 Å². The predicted octanol–water partition coefficient (Wildman–Crippen LogP) is 3.94. The van der Waals surface area contributed by atoms with E-state index in [0.29, 0.717) is 11.8 Å². The van der Waals surface area contributed by atoms with Crippen LogP contribution < -0.4 is 4.74 Å². The SMILES string of the molecule is COc1cccc2c(C(C)C(C)C)c[nH]c12. The molecule has 86 valence electrons. The minimum Gasteiger partial charge on any atom is -0.495 e. The third-order valence-electron chi connectivity index (χ3n) is 3.42. The molecule has 2 aromatic rings. The number of benzene rings is 1. The number of fused-ring (bicyclic) bond motifs is 1. The molecule has 0 fully saturated rings. The number of H-pyrrole nitrogens is 1. The van der Waals surface area contributed by atoms with E-state index in [1.165, 1.54) is 10.9 Å². The highest BCUT2D eigenvalue weighted by atomic mass is 16.5. The lowest BCUT2D eigenvalue weighted by Crippen LogP contribution is -2.00. The van der Waals surface area contributed by atoms with Gasteiger partial charge in [-0.1, -0.05) is 32.9 Å². The van der Waals surface area contributed by atoms with Gasteiger partial charge in [0.15, 0.2) is 0 Å². The third-order valence-corrected chi connectivity index (χ3v) is 3.42. The Morgan fingerprint density at radius 2 is 1.94 bits per heavy atom. The number of hydrogen-bond acceptors (Lipinski definition) is 1. The predicted molar refractivity (Wildman–Crippen MR) is 68.1 cm³/mol. The highest BCUT2D eigenvalue weighted by molar-refractivity contribution is 5.88. The van der Waals surface area contributed by atoms with Gasteiger partial charge in [-0.25, -0.2) is 0 Å². The van der Waals surface area contributed by atoms with Crippen LogP contribution in [0.4, 0.5) is 0 Å². The third kappa shape index (κ3) is 1.69. The molecule has 0 aliphatic carbocycles. The van der Waals surface area contributed by atoms with Crippen LogP contribution >= 0.6 is 0 Å². The van der Waals surface area contributed by atoms with Gasteiger partial charge >= 0.3 is 0 Å².